The van der Waals surface area contributed by atoms with E-state index in [1.807, 2.05) is 35.2 Å². The van der Waals surface area contributed by atoms with E-state index >= 15 is 0 Å². The van der Waals surface area contributed by atoms with Crippen LogP contribution < -0.4 is 4.74 Å². The van der Waals surface area contributed by atoms with Crippen LogP contribution in [-0.2, 0) is 4.79 Å². The molecule has 1 fully saturated rings. The summed E-state index contributed by atoms with van der Waals surface area (Å²) in [5, 5.41) is 8.01. The number of aromatic nitrogens is 2. The van der Waals surface area contributed by atoms with Crippen LogP contribution in [0, 0.1) is 6.92 Å². The normalized spacial score (nSPS) is 17.1. The van der Waals surface area contributed by atoms with Crippen molar-refractivity contribution in [2.75, 3.05) is 32.8 Å². The highest BCUT2D eigenvalue weighted by Crippen LogP contribution is 2.20. The molecule has 1 aromatic carbocycles. The molecular weight excluding hydrogens is 320 g/mol. The highest BCUT2D eigenvalue weighted by Gasteiger charge is 2.25. The Morgan fingerprint density at radius 3 is 2.72 bits per heavy atom. The van der Waals surface area contributed by atoms with Crippen LogP contribution in [0.15, 0.2) is 34.7 Å². The van der Waals surface area contributed by atoms with Gasteiger partial charge in [-0.2, -0.15) is 0 Å². The summed E-state index contributed by atoms with van der Waals surface area (Å²) in [6.45, 7) is 7.01. The Morgan fingerprint density at radius 1 is 1.20 bits per heavy atom. The van der Waals surface area contributed by atoms with Gasteiger partial charge in [0.2, 0.25) is 11.8 Å². The molecule has 3 rings (SSSR count). The van der Waals surface area contributed by atoms with Crippen LogP contribution in [0.25, 0.3) is 0 Å². The maximum atomic E-state index is 12.4. The van der Waals surface area contributed by atoms with Gasteiger partial charge in [0.25, 0.3) is 5.91 Å². The zero-order valence-corrected chi connectivity index (χ0v) is 14.7. The lowest BCUT2D eigenvalue weighted by Crippen LogP contribution is -2.38. The van der Waals surface area contributed by atoms with Gasteiger partial charge in [0.15, 0.2) is 6.61 Å². The van der Waals surface area contributed by atoms with Crippen molar-refractivity contribution in [2.45, 2.75) is 26.3 Å². The number of hydrogen-bond donors (Lipinski definition) is 0. The topological polar surface area (TPSA) is 71.7 Å². The van der Waals surface area contributed by atoms with E-state index in [1.165, 1.54) is 0 Å². The van der Waals surface area contributed by atoms with Gasteiger partial charge in [-0.3, -0.25) is 9.69 Å². The predicted octanol–water partition coefficient (Wildman–Crippen LogP) is 2.05. The number of benzene rings is 1. The standard InChI is InChI=1S/C18H24N4O3/c1-14(18-20-19-15(2)25-18)21-9-6-10-22(12-11-21)17(23)13-24-16-7-4-3-5-8-16/h3-5,7-8,14H,6,9-13H2,1-2H3/t14-/m0/s1. The van der Waals surface area contributed by atoms with E-state index < -0.39 is 0 Å². The maximum Gasteiger partial charge on any atom is 0.260 e. The molecule has 0 N–H and O–H groups in total. The lowest BCUT2D eigenvalue weighted by atomic mass is 10.2. The number of amides is 1. The molecule has 1 saturated heterocycles. The van der Waals surface area contributed by atoms with Crippen molar-refractivity contribution < 1.29 is 13.9 Å². The molecule has 0 bridgehead atoms. The first kappa shape index (κ1) is 17.4. The van der Waals surface area contributed by atoms with Gasteiger partial charge < -0.3 is 14.1 Å². The highest BCUT2D eigenvalue weighted by molar-refractivity contribution is 5.77. The smallest absolute Gasteiger partial charge is 0.260 e. The number of carbonyl (C=O) groups excluding carboxylic acids is 1. The Kier molecular flexibility index (Phi) is 5.65. The number of aryl methyl sites for hydroxylation is 1. The van der Waals surface area contributed by atoms with Crippen LogP contribution in [0.5, 0.6) is 5.75 Å². The lowest BCUT2D eigenvalue weighted by molar-refractivity contribution is -0.133. The van der Waals surface area contributed by atoms with Gasteiger partial charge in [-0.25, -0.2) is 0 Å². The van der Waals surface area contributed by atoms with Crippen LogP contribution in [0.4, 0.5) is 0 Å². The van der Waals surface area contributed by atoms with Gasteiger partial charge in [-0.05, 0) is 25.5 Å². The molecule has 0 unspecified atom stereocenters. The van der Waals surface area contributed by atoms with Crippen molar-refractivity contribution in [1.82, 2.24) is 20.0 Å². The first-order valence-corrected chi connectivity index (χ1v) is 8.63. The quantitative estimate of drug-likeness (QED) is 0.827. The van der Waals surface area contributed by atoms with Crippen LogP contribution in [0.1, 0.15) is 31.2 Å². The van der Waals surface area contributed by atoms with Crippen molar-refractivity contribution in [3.63, 3.8) is 0 Å². The van der Waals surface area contributed by atoms with Gasteiger partial charge in [-0.15, -0.1) is 10.2 Å². The fourth-order valence-electron chi connectivity index (χ4n) is 2.96. The Hall–Kier alpha value is -2.41. The van der Waals surface area contributed by atoms with Crippen molar-refractivity contribution in [1.29, 1.82) is 0 Å². The molecule has 1 aromatic heterocycles. The lowest BCUT2D eigenvalue weighted by Gasteiger charge is -2.25. The summed E-state index contributed by atoms with van der Waals surface area (Å²) < 4.78 is 11.1. The molecule has 1 aliphatic rings. The molecule has 0 saturated carbocycles. The summed E-state index contributed by atoms with van der Waals surface area (Å²) in [6.07, 6.45) is 0.911. The minimum absolute atomic E-state index is 0.0204. The summed E-state index contributed by atoms with van der Waals surface area (Å²) in [6, 6.07) is 9.46. The molecule has 1 atom stereocenters. The maximum absolute atomic E-state index is 12.4. The third-order valence-corrected chi connectivity index (χ3v) is 4.44. The summed E-state index contributed by atoms with van der Waals surface area (Å²) in [5.41, 5.74) is 0. The number of carbonyl (C=O) groups is 1. The molecule has 1 aliphatic heterocycles. The number of ether oxygens (including phenoxy) is 1. The molecule has 0 aliphatic carbocycles. The number of rotatable bonds is 5. The fourth-order valence-corrected chi connectivity index (χ4v) is 2.96. The number of hydrogen-bond acceptors (Lipinski definition) is 6. The van der Waals surface area contributed by atoms with E-state index in [0.29, 0.717) is 24.1 Å². The fraction of sp³-hybridized carbons (Fsp3) is 0.500. The largest absolute Gasteiger partial charge is 0.484 e. The Balaban J connectivity index is 1.51. The van der Waals surface area contributed by atoms with Gasteiger partial charge >= 0.3 is 0 Å². The predicted molar refractivity (Wildman–Crippen MR) is 92.2 cm³/mol. The second-order valence-corrected chi connectivity index (χ2v) is 6.21. The zero-order valence-electron chi connectivity index (χ0n) is 14.7. The van der Waals surface area contributed by atoms with Crippen molar-refractivity contribution in [3.05, 3.63) is 42.1 Å². The first-order chi connectivity index (χ1) is 12.1. The Morgan fingerprint density at radius 2 is 2.00 bits per heavy atom. The molecule has 0 spiro atoms. The second-order valence-electron chi connectivity index (χ2n) is 6.21. The molecule has 7 heteroatoms. The molecule has 2 heterocycles. The molecule has 0 radical (unpaired) electrons. The van der Waals surface area contributed by atoms with Crippen LogP contribution in [0.3, 0.4) is 0 Å². The third kappa shape index (κ3) is 4.57. The highest BCUT2D eigenvalue weighted by atomic mass is 16.5. The average Bonchev–Trinajstić information content (AvgIpc) is 2.92. The molecule has 2 aromatic rings. The minimum Gasteiger partial charge on any atom is -0.484 e. The van der Waals surface area contributed by atoms with Crippen molar-refractivity contribution >= 4 is 5.91 Å². The van der Waals surface area contributed by atoms with E-state index in [0.717, 1.165) is 26.1 Å². The van der Waals surface area contributed by atoms with E-state index in [-0.39, 0.29) is 18.6 Å². The molecular formula is C18H24N4O3. The van der Waals surface area contributed by atoms with E-state index in [4.69, 9.17) is 9.15 Å². The second kappa shape index (κ2) is 8.11. The Bertz CT molecular complexity index is 689. The van der Waals surface area contributed by atoms with E-state index in [1.54, 1.807) is 6.92 Å². The summed E-state index contributed by atoms with van der Waals surface area (Å²) in [7, 11) is 0. The van der Waals surface area contributed by atoms with Gasteiger partial charge in [-0.1, -0.05) is 18.2 Å². The first-order valence-electron chi connectivity index (χ1n) is 8.63. The summed E-state index contributed by atoms with van der Waals surface area (Å²) in [5.74, 6) is 1.94. The molecule has 25 heavy (non-hydrogen) atoms. The Labute approximate surface area is 147 Å². The van der Waals surface area contributed by atoms with Crippen LogP contribution in [-0.4, -0.2) is 58.7 Å². The van der Waals surface area contributed by atoms with Gasteiger partial charge in [0, 0.05) is 33.1 Å². The SMILES string of the molecule is Cc1nnc([C@H](C)N2CCCN(C(=O)COc3ccccc3)CC2)o1. The zero-order chi connectivity index (χ0) is 17.6. The van der Waals surface area contributed by atoms with Gasteiger partial charge in [0.05, 0.1) is 6.04 Å². The minimum atomic E-state index is 0.0204. The van der Waals surface area contributed by atoms with Crippen LogP contribution in [0.2, 0.25) is 0 Å². The average molecular weight is 344 g/mol. The van der Waals surface area contributed by atoms with Crippen molar-refractivity contribution in [3.8, 4) is 5.75 Å². The number of nitrogens with zero attached hydrogens (tertiary/aromatic N) is 4. The summed E-state index contributed by atoms with van der Waals surface area (Å²) >= 11 is 0. The molecule has 1 amide bonds. The molecule has 7 nitrogen and oxygen atoms in total. The van der Waals surface area contributed by atoms with Gasteiger partial charge in [0.1, 0.15) is 5.75 Å². The van der Waals surface area contributed by atoms with E-state index in [2.05, 4.69) is 22.0 Å². The van der Waals surface area contributed by atoms with E-state index in [9.17, 15) is 4.79 Å². The third-order valence-electron chi connectivity index (χ3n) is 4.44. The van der Waals surface area contributed by atoms with Crippen LogP contribution >= 0.6 is 0 Å². The number of para-hydroxylation sites is 1. The monoisotopic (exact) mass is 344 g/mol. The van der Waals surface area contributed by atoms with Crippen molar-refractivity contribution in [2.24, 2.45) is 0 Å². The summed E-state index contributed by atoms with van der Waals surface area (Å²) in [4.78, 5) is 16.6. The molecule has 134 valence electrons.